The quantitative estimate of drug-likeness (QED) is 0.461. The van der Waals surface area contributed by atoms with Crippen molar-refractivity contribution in [1.82, 2.24) is 0 Å². The predicted molar refractivity (Wildman–Crippen MR) is 23.3 cm³/mol. The van der Waals surface area contributed by atoms with Crippen LogP contribution in [0, 0.1) is 0 Å². The molecule has 0 saturated carbocycles. The van der Waals surface area contributed by atoms with Crippen molar-refractivity contribution >= 4 is 11.8 Å². The lowest BCUT2D eigenvalue weighted by atomic mass is 10.5. The molecule has 30 valence electrons. The average Bonchev–Trinajstić information content (AvgIpc) is 2.12. The van der Waals surface area contributed by atoms with Crippen molar-refractivity contribution < 1.29 is 5.11 Å². The fourth-order valence-corrected chi connectivity index (χ4v) is 0.520. The first-order chi connectivity index (χ1) is 2.43. The van der Waals surface area contributed by atoms with Gasteiger partial charge in [-0.2, -0.15) is 11.8 Å². The van der Waals surface area contributed by atoms with E-state index in [-0.39, 0.29) is 0 Å². The largest absolute Gasteiger partial charge is 0.395 e. The van der Waals surface area contributed by atoms with Gasteiger partial charge in [0.1, 0.15) is 0 Å². The Morgan fingerprint density at radius 1 is 2.00 bits per heavy atom. The molecule has 0 radical (unpaired) electrons. The van der Waals surface area contributed by atoms with E-state index in [1.807, 2.05) is 11.8 Å². The molecule has 0 spiro atoms. The third-order valence-corrected chi connectivity index (χ3v) is 1.56. The molecule has 1 fully saturated rings. The fraction of sp³-hybridized carbons (Fsp3) is 1.00. The van der Waals surface area contributed by atoms with Crippen LogP contribution in [0.4, 0.5) is 0 Å². The molecule has 5 heavy (non-hydrogen) atoms. The molecule has 0 aliphatic carbocycles. The van der Waals surface area contributed by atoms with Crippen molar-refractivity contribution in [3.8, 4) is 0 Å². The van der Waals surface area contributed by atoms with Gasteiger partial charge in [0.2, 0.25) is 0 Å². The number of aliphatic hydroxyl groups excluding tert-OH is 1. The second-order valence-corrected chi connectivity index (χ2v) is 2.47. The maximum atomic E-state index is 8.19. The molecule has 2 heteroatoms. The van der Waals surface area contributed by atoms with Gasteiger partial charge in [-0.1, -0.05) is 0 Å². The van der Waals surface area contributed by atoms with Crippen LogP contribution in [0.5, 0.6) is 0 Å². The summed E-state index contributed by atoms with van der Waals surface area (Å²) in [6.07, 6.45) is 0. The van der Waals surface area contributed by atoms with Crippen LogP contribution in [0.1, 0.15) is 0 Å². The van der Waals surface area contributed by atoms with E-state index in [4.69, 9.17) is 5.11 Å². The molecular weight excluding hydrogens is 84.1 g/mol. The van der Waals surface area contributed by atoms with E-state index >= 15 is 0 Å². The standard InChI is InChI=1S/C3H6OS/c4-1-3-2-5-3/h3-4H,1-2H2/t3-/m0/s1. The molecule has 1 nitrogen and oxygen atoms in total. The highest BCUT2D eigenvalue weighted by Crippen LogP contribution is 2.28. The molecular formula is C3H6OS. The highest BCUT2D eigenvalue weighted by Gasteiger charge is 2.19. The summed E-state index contributed by atoms with van der Waals surface area (Å²) >= 11 is 1.82. The summed E-state index contributed by atoms with van der Waals surface area (Å²) in [7, 11) is 0. The van der Waals surface area contributed by atoms with Crippen LogP contribution in [-0.2, 0) is 0 Å². The fourth-order valence-electron chi connectivity index (χ4n) is 0.173. The minimum Gasteiger partial charge on any atom is -0.395 e. The highest BCUT2D eigenvalue weighted by atomic mass is 32.2. The topological polar surface area (TPSA) is 20.2 Å². The zero-order valence-electron chi connectivity index (χ0n) is 2.85. The Morgan fingerprint density at radius 2 is 2.60 bits per heavy atom. The van der Waals surface area contributed by atoms with E-state index in [1.165, 1.54) is 5.75 Å². The molecule has 0 bridgehead atoms. The van der Waals surface area contributed by atoms with Crippen LogP contribution < -0.4 is 0 Å². The molecule has 1 atom stereocenters. The molecule has 1 rings (SSSR count). The summed E-state index contributed by atoms with van der Waals surface area (Å²) in [5.74, 6) is 1.18. The minimum absolute atomic E-state index is 0.380. The number of rotatable bonds is 1. The Bertz CT molecular complexity index is 33.9. The second-order valence-electron chi connectivity index (χ2n) is 1.14. The molecule has 0 aromatic heterocycles. The summed E-state index contributed by atoms with van der Waals surface area (Å²) in [6, 6.07) is 0. The smallest absolute Gasteiger partial charge is 0.0558 e. The molecule has 1 N–H and O–H groups in total. The van der Waals surface area contributed by atoms with Crippen LogP contribution in [0.2, 0.25) is 0 Å². The Labute approximate surface area is 35.4 Å². The van der Waals surface area contributed by atoms with Gasteiger partial charge in [0.25, 0.3) is 0 Å². The average molecular weight is 90.1 g/mol. The third-order valence-electron chi connectivity index (χ3n) is 0.606. The van der Waals surface area contributed by atoms with Gasteiger partial charge in [-0.05, 0) is 0 Å². The van der Waals surface area contributed by atoms with Crippen molar-refractivity contribution in [2.75, 3.05) is 12.4 Å². The zero-order valence-corrected chi connectivity index (χ0v) is 3.66. The monoisotopic (exact) mass is 90.0 g/mol. The number of hydrogen-bond acceptors (Lipinski definition) is 2. The van der Waals surface area contributed by atoms with Crippen LogP contribution in [0.25, 0.3) is 0 Å². The van der Waals surface area contributed by atoms with E-state index in [1.54, 1.807) is 0 Å². The third kappa shape index (κ3) is 0.816. The summed E-state index contributed by atoms with van der Waals surface area (Å²) < 4.78 is 0. The van der Waals surface area contributed by atoms with E-state index in [0.29, 0.717) is 11.9 Å². The first-order valence-corrected chi connectivity index (χ1v) is 2.71. The molecule has 0 amide bonds. The molecule has 0 aromatic carbocycles. The van der Waals surface area contributed by atoms with Gasteiger partial charge in [0, 0.05) is 11.0 Å². The van der Waals surface area contributed by atoms with Crippen molar-refractivity contribution in [2.24, 2.45) is 0 Å². The van der Waals surface area contributed by atoms with Crippen molar-refractivity contribution in [3.05, 3.63) is 0 Å². The maximum Gasteiger partial charge on any atom is 0.0558 e. The lowest BCUT2D eigenvalue weighted by Gasteiger charge is -1.71. The first-order valence-electron chi connectivity index (χ1n) is 1.66. The normalized spacial score (nSPS) is 34.2. The number of thioether (sulfide) groups is 1. The van der Waals surface area contributed by atoms with Gasteiger partial charge in [0.15, 0.2) is 0 Å². The molecule has 0 unspecified atom stereocenters. The maximum absolute atomic E-state index is 8.19. The summed E-state index contributed by atoms with van der Waals surface area (Å²) in [6.45, 7) is 0.380. The molecule has 1 saturated heterocycles. The van der Waals surface area contributed by atoms with Gasteiger partial charge in [-0.3, -0.25) is 0 Å². The predicted octanol–water partition coefficient (Wildman–Crippen LogP) is 0.0941. The van der Waals surface area contributed by atoms with Crippen molar-refractivity contribution in [1.29, 1.82) is 0 Å². The molecule has 1 heterocycles. The SMILES string of the molecule is OC[C@H]1CS1. The van der Waals surface area contributed by atoms with Crippen LogP contribution in [-0.4, -0.2) is 22.7 Å². The lowest BCUT2D eigenvalue weighted by molar-refractivity contribution is 0.308. The number of hydrogen-bond donors (Lipinski definition) is 1. The van der Waals surface area contributed by atoms with Gasteiger partial charge in [-0.25, -0.2) is 0 Å². The second kappa shape index (κ2) is 1.19. The Hall–Kier alpha value is 0.310. The van der Waals surface area contributed by atoms with Gasteiger partial charge in [0.05, 0.1) is 6.61 Å². The van der Waals surface area contributed by atoms with E-state index in [9.17, 15) is 0 Å². The van der Waals surface area contributed by atoms with Crippen LogP contribution >= 0.6 is 11.8 Å². The van der Waals surface area contributed by atoms with Gasteiger partial charge < -0.3 is 5.11 Å². The Kier molecular flexibility index (Phi) is 0.830. The highest BCUT2D eigenvalue weighted by molar-refractivity contribution is 8.06. The lowest BCUT2D eigenvalue weighted by Crippen LogP contribution is -1.86. The van der Waals surface area contributed by atoms with Crippen LogP contribution in [0.3, 0.4) is 0 Å². The molecule has 0 aromatic rings. The van der Waals surface area contributed by atoms with Crippen molar-refractivity contribution in [2.45, 2.75) is 5.25 Å². The Morgan fingerprint density at radius 3 is 2.60 bits per heavy atom. The van der Waals surface area contributed by atoms with Crippen LogP contribution in [0.15, 0.2) is 0 Å². The first kappa shape index (κ1) is 3.50. The Balaban J connectivity index is 2.00. The molecule has 1 aliphatic heterocycles. The summed E-state index contributed by atoms with van der Waals surface area (Å²) in [4.78, 5) is 0. The summed E-state index contributed by atoms with van der Waals surface area (Å²) in [5, 5.41) is 8.79. The minimum atomic E-state index is 0.380. The van der Waals surface area contributed by atoms with E-state index in [2.05, 4.69) is 0 Å². The number of aliphatic hydroxyl groups is 1. The van der Waals surface area contributed by atoms with E-state index < -0.39 is 0 Å². The van der Waals surface area contributed by atoms with Gasteiger partial charge in [-0.15, -0.1) is 0 Å². The van der Waals surface area contributed by atoms with Crippen molar-refractivity contribution in [3.63, 3.8) is 0 Å². The van der Waals surface area contributed by atoms with E-state index in [0.717, 1.165) is 0 Å². The summed E-state index contributed by atoms with van der Waals surface area (Å²) in [5.41, 5.74) is 0. The zero-order chi connectivity index (χ0) is 3.70. The van der Waals surface area contributed by atoms with Gasteiger partial charge >= 0.3 is 0 Å². The molecule has 1 aliphatic rings.